The molecule has 0 spiro atoms. The standard InChI is InChI=1S/C22H18N4O4/c1-28-15-9-7-13(8-10-15)19-18-17(12-3-5-14(6-4-12)22(27)29-2)16(11-23)20(24)30-21(18)26-25-19/h3-10,17H,24H2,1-2H3,(H,25,26)/t17-/m0/s1. The van der Waals surface area contributed by atoms with E-state index in [0.717, 1.165) is 16.9 Å². The summed E-state index contributed by atoms with van der Waals surface area (Å²) in [6.07, 6.45) is 0. The zero-order valence-electron chi connectivity index (χ0n) is 16.3. The lowest BCUT2D eigenvalue weighted by molar-refractivity contribution is 0.0600. The Hall–Kier alpha value is -4.25. The predicted molar refractivity (Wildman–Crippen MR) is 108 cm³/mol. The minimum Gasteiger partial charge on any atom is -0.497 e. The molecule has 0 aliphatic carbocycles. The smallest absolute Gasteiger partial charge is 0.337 e. The SMILES string of the molecule is COC(=O)c1ccc([C@H]2C(C#N)=C(N)Oc3n[nH]c(-c4ccc(OC)cc4)c32)cc1. The molecule has 8 heteroatoms. The maximum atomic E-state index is 11.8. The molecule has 0 radical (unpaired) electrons. The first kappa shape index (κ1) is 19.1. The van der Waals surface area contributed by atoms with E-state index in [1.54, 1.807) is 31.4 Å². The number of ether oxygens (including phenoxy) is 3. The van der Waals surface area contributed by atoms with Crippen molar-refractivity contribution >= 4 is 5.97 Å². The number of nitriles is 1. The van der Waals surface area contributed by atoms with Crippen LogP contribution in [-0.4, -0.2) is 30.4 Å². The van der Waals surface area contributed by atoms with Crippen LogP contribution in [0.1, 0.15) is 27.4 Å². The summed E-state index contributed by atoms with van der Waals surface area (Å²) < 4.78 is 15.6. The molecule has 8 nitrogen and oxygen atoms in total. The lowest BCUT2D eigenvalue weighted by Crippen LogP contribution is -2.21. The fraction of sp³-hybridized carbons (Fsp3) is 0.136. The second kappa shape index (κ2) is 7.64. The van der Waals surface area contributed by atoms with Crippen molar-refractivity contribution in [1.29, 1.82) is 5.26 Å². The summed E-state index contributed by atoms with van der Waals surface area (Å²) in [6, 6.07) is 16.4. The van der Waals surface area contributed by atoms with Gasteiger partial charge in [-0.1, -0.05) is 12.1 Å². The molecular formula is C22H18N4O4. The van der Waals surface area contributed by atoms with Gasteiger partial charge in [0.15, 0.2) is 0 Å². The highest BCUT2D eigenvalue weighted by Crippen LogP contribution is 2.45. The van der Waals surface area contributed by atoms with Gasteiger partial charge in [-0.3, -0.25) is 5.10 Å². The van der Waals surface area contributed by atoms with Gasteiger partial charge in [-0.05, 0) is 42.0 Å². The Labute approximate surface area is 172 Å². The van der Waals surface area contributed by atoms with Crippen LogP contribution in [0.25, 0.3) is 11.3 Å². The van der Waals surface area contributed by atoms with Crippen LogP contribution in [0, 0.1) is 11.3 Å². The molecule has 1 aliphatic rings. The maximum absolute atomic E-state index is 11.8. The van der Waals surface area contributed by atoms with E-state index in [9.17, 15) is 10.1 Å². The normalized spacial score (nSPS) is 15.0. The monoisotopic (exact) mass is 402 g/mol. The number of methoxy groups -OCH3 is 2. The van der Waals surface area contributed by atoms with E-state index in [1.165, 1.54) is 7.11 Å². The van der Waals surface area contributed by atoms with Crippen molar-refractivity contribution < 1.29 is 19.0 Å². The van der Waals surface area contributed by atoms with Crippen molar-refractivity contribution in [2.45, 2.75) is 5.92 Å². The molecule has 0 amide bonds. The Kier molecular flexibility index (Phi) is 4.86. The molecule has 1 aromatic heterocycles. The fourth-order valence-corrected chi connectivity index (χ4v) is 3.49. The number of allylic oxidation sites excluding steroid dienone is 1. The molecule has 150 valence electrons. The Morgan fingerprint density at radius 2 is 1.87 bits per heavy atom. The van der Waals surface area contributed by atoms with Crippen LogP contribution in [0.5, 0.6) is 11.6 Å². The fourth-order valence-electron chi connectivity index (χ4n) is 3.49. The molecule has 1 atom stereocenters. The number of nitrogens with zero attached hydrogens (tertiary/aromatic N) is 2. The number of benzene rings is 2. The third-order valence-electron chi connectivity index (χ3n) is 4.98. The van der Waals surface area contributed by atoms with Crippen molar-refractivity contribution in [2.24, 2.45) is 5.73 Å². The molecule has 0 bridgehead atoms. The van der Waals surface area contributed by atoms with Gasteiger partial charge >= 0.3 is 5.97 Å². The minimum atomic E-state index is -0.513. The van der Waals surface area contributed by atoms with Gasteiger partial charge in [0.25, 0.3) is 0 Å². The van der Waals surface area contributed by atoms with E-state index >= 15 is 0 Å². The molecule has 0 saturated carbocycles. The molecule has 3 N–H and O–H groups in total. The van der Waals surface area contributed by atoms with E-state index < -0.39 is 11.9 Å². The number of aromatic amines is 1. The topological polar surface area (TPSA) is 123 Å². The molecule has 3 aromatic rings. The zero-order valence-corrected chi connectivity index (χ0v) is 16.3. The van der Waals surface area contributed by atoms with Gasteiger partial charge in [0.1, 0.15) is 17.4 Å². The quantitative estimate of drug-likeness (QED) is 0.643. The first-order valence-electron chi connectivity index (χ1n) is 9.06. The van der Waals surface area contributed by atoms with Crippen LogP contribution in [0.4, 0.5) is 0 Å². The number of nitrogens with one attached hydrogen (secondary N) is 1. The predicted octanol–water partition coefficient (Wildman–Crippen LogP) is 3.09. The third-order valence-corrected chi connectivity index (χ3v) is 4.98. The van der Waals surface area contributed by atoms with Gasteiger partial charge in [-0.2, -0.15) is 5.26 Å². The van der Waals surface area contributed by atoms with Crippen molar-refractivity contribution in [1.82, 2.24) is 10.2 Å². The lowest BCUT2D eigenvalue weighted by atomic mass is 9.83. The third kappa shape index (κ3) is 3.12. The summed E-state index contributed by atoms with van der Waals surface area (Å²) in [4.78, 5) is 11.8. The minimum absolute atomic E-state index is 0.000162. The van der Waals surface area contributed by atoms with Gasteiger partial charge in [-0.15, -0.1) is 5.10 Å². The van der Waals surface area contributed by atoms with Gasteiger partial charge in [0.05, 0.1) is 37.0 Å². The van der Waals surface area contributed by atoms with Crippen molar-refractivity contribution in [3.8, 4) is 29.0 Å². The summed E-state index contributed by atoms with van der Waals surface area (Å²) in [7, 11) is 2.92. The average molecular weight is 402 g/mol. The number of esters is 1. The highest BCUT2D eigenvalue weighted by Gasteiger charge is 2.35. The average Bonchev–Trinajstić information content (AvgIpc) is 3.21. The largest absolute Gasteiger partial charge is 0.497 e. The summed E-state index contributed by atoms with van der Waals surface area (Å²) in [5.74, 6) is 0.0766. The van der Waals surface area contributed by atoms with Gasteiger partial charge in [-0.25, -0.2) is 4.79 Å². The Morgan fingerprint density at radius 1 is 1.17 bits per heavy atom. The number of H-pyrrole nitrogens is 1. The van der Waals surface area contributed by atoms with E-state index in [-0.39, 0.29) is 11.5 Å². The number of rotatable bonds is 4. The molecule has 30 heavy (non-hydrogen) atoms. The van der Waals surface area contributed by atoms with Gasteiger partial charge in [0.2, 0.25) is 11.8 Å². The molecule has 2 aromatic carbocycles. The van der Waals surface area contributed by atoms with Crippen molar-refractivity contribution in [3.63, 3.8) is 0 Å². The number of carbonyl (C=O) groups is 1. The van der Waals surface area contributed by atoms with E-state index in [0.29, 0.717) is 22.7 Å². The second-order valence-electron chi connectivity index (χ2n) is 6.58. The highest BCUT2D eigenvalue weighted by molar-refractivity contribution is 5.89. The molecule has 0 unspecified atom stereocenters. The molecule has 0 saturated heterocycles. The molecule has 1 aliphatic heterocycles. The first-order chi connectivity index (χ1) is 14.6. The van der Waals surface area contributed by atoms with E-state index in [1.807, 2.05) is 24.3 Å². The van der Waals surface area contributed by atoms with Crippen LogP contribution in [0.3, 0.4) is 0 Å². The van der Waals surface area contributed by atoms with Crippen LogP contribution in [0.2, 0.25) is 0 Å². The number of hydrogen-bond donors (Lipinski definition) is 2. The van der Waals surface area contributed by atoms with E-state index in [2.05, 4.69) is 16.3 Å². The number of aromatic nitrogens is 2. The Bertz CT molecular complexity index is 1170. The number of nitrogens with two attached hydrogens (primary N) is 1. The van der Waals surface area contributed by atoms with Crippen LogP contribution >= 0.6 is 0 Å². The van der Waals surface area contributed by atoms with Gasteiger partial charge in [0, 0.05) is 5.56 Å². The van der Waals surface area contributed by atoms with Gasteiger partial charge < -0.3 is 19.9 Å². The molecule has 0 fully saturated rings. The van der Waals surface area contributed by atoms with Crippen LogP contribution < -0.4 is 15.2 Å². The van der Waals surface area contributed by atoms with Crippen molar-refractivity contribution in [3.05, 3.63) is 76.7 Å². The summed E-state index contributed by atoms with van der Waals surface area (Å²) in [5, 5.41) is 17.0. The first-order valence-corrected chi connectivity index (χ1v) is 9.06. The Balaban J connectivity index is 1.85. The number of hydrogen-bond acceptors (Lipinski definition) is 7. The summed E-state index contributed by atoms with van der Waals surface area (Å²) in [5.41, 5.74) is 9.70. The van der Waals surface area contributed by atoms with Crippen molar-refractivity contribution in [2.75, 3.05) is 14.2 Å². The second-order valence-corrected chi connectivity index (χ2v) is 6.58. The molecule has 2 heterocycles. The summed E-state index contributed by atoms with van der Waals surface area (Å²) in [6.45, 7) is 0. The maximum Gasteiger partial charge on any atom is 0.337 e. The molecule has 4 rings (SSSR count). The molecular weight excluding hydrogens is 384 g/mol. The van der Waals surface area contributed by atoms with Crippen LogP contribution in [0.15, 0.2) is 60.0 Å². The van der Waals surface area contributed by atoms with Crippen LogP contribution in [-0.2, 0) is 4.74 Å². The highest BCUT2D eigenvalue weighted by atomic mass is 16.5. The Morgan fingerprint density at radius 3 is 2.47 bits per heavy atom. The number of fused-ring (bicyclic) bond motifs is 1. The number of carbonyl (C=O) groups excluding carboxylic acids is 1. The summed E-state index contributed by atoms with van der Waals surface area (Å²) >= 11 is 0. The zero-order chi connectivity index (χ0) is 21.3. The lowest BCUT2D eigenvalue weighted by Gasteiger charge is -2.24. The van der Waals surface area contributed by atoms with E-state index in [4.69, 9.17) is 19.9 Å².